The summed E-state index contributed by atoms with van der Waals surface area (Å²) in [7, 11) is 0. The Bertz CT molecular complexity index is 284. The van der Waals surface area contributed by atoms with Crippen LogP contribution in [0.3, 0.4) is 0 Å². The molecule has 1 heterocycles. The minimum atomic E-state index is 0.606. The minimum absolute atomic E-state index is 0.606. The second-order valence-corrected chi connectivity index (χ2v) is 5.68. The van der Waals surface area contributed by atoms with Crippen LogP contribution in [0.25, 0.3) is 0 Å². The number of nitrogens with zero attached hydrogens (tertiary/aromatic N) is 1. The summed E-state index contributed by atoms with van der Waals surface area (Å²) in [5.74, 6) is 0. The number of thiophene rings is 1. The SMILES string of the molecule is CCC(C)N(CC)C(C)CNCc1cccs1. The quantitative estimate of drug-likeness (QED) is 0.765. The van der Waals surface area contributed by atoms with E-state index in [4.69, 9.17) is 0 Å². The Balaban J connectivity index is 2.29. The molecule has 1 N–H and O–H groups in total. The molecule has 0 fully saturated rings. The van der Waals surface area contributed by atoms with Crippen molar-refractivity contribution in [1.29, 1.82) is 0 Å². The van der Waals surface area contributed by atoms with Gasteiger partial charge >= 0.3 is 0 Å². The van der Waals surface area contributed by atoms with E-state index in [9.17, 15) is 0 Å². The molecule has 1 aromatic rings. The first-order valence-corrected chi connectivity index (χ1v) is 7.55. The van der Waals surface area contributed by atoms with Crippen LogP contribution in [0.2, 0.25) is 0 Å². The van der Waals surface area contributed by atoms with E-state index in [-0.39, 0.29) is 0 Å². The lowest BCUT2D eigenvalue weighted by molar-refractivity contribution is 0.156. The number of likely N-dealkylation sites (N-methyl/N-ethyl adjacent to an activating group) is 1. The molecule has 0 bridgehead atoms. The summed E-state index contributed by atoms with van der Waals surface area (Å²) < 4.78 is 0. The Morgan fingerprint density at radius 3 is 2.59 bits per heavy atom. The van der Waals surface area contributed by atoms with Gasteiger partial charge in [0.05, 0.1) is 0 Å². The number of hydrogen-bond acceptors (Lipinski definition) is 3. The lowest BCUT2D eigenvalue weighted by Crippen LogP contribution is -2.44. The van der Waals surface area contributed by atoms with Crippen molar-refractivity contribution in [2.45, 2.75) is 52.7 Å². The van der Waals surface area contributed by atoms with Gasteiger partial charge in [-0.05, 0) is 38.3 Å². The van der Waals surface area contributed by atoms with Gasteiger partial charge in [-0.25, -0.2) is 0 Å². The molecule has 0 spiro atoms. The van der Waals surface area contributed by atoms with Crippen molar-refractivity contribution in [3.05, 3.63) is 22.4 Å². The topological polar surface area (TPSA) is 15.3 Å². The van der Waals surface area contributed by atoms with Crippen molar-refractivity contribution in [2.24, 2.45) is 0 Å². The maximum absolute atomic E-state index is 3.55. The first kappa shape index (κ1) is 14.7. The van der Waals surface area contributed by atoms with Crippen LogP contribution < -0.4 is 5.32 Å². The average Bonchev–Trinajstić information content (AvgIpc) is 2.82. The van der Waals surface area contributed by atoms with Crippen LogP contribution >= 0.6 is 11.3 Å². The Hall–Kier alpha value is -0.380. The van der Waals surface area contributed by atoms with Gasteiger partial charge in [0.15, 0.2) is 0 Å². The summed E-state index contributed by atoms with van der Waals surface area (Å²) in [6, 6.07) is 5.59. The van der Waals surface area contributed by atoms with Gasteiger partial charge in [-0.3, -0.25) is 4.90 Å². The highest BCUT2D eigenvalue weighted by atomic mass is 32.1. The fraction of sp³-hybridized carbons (Fsp3) is 0.714. The van der Waals surface area contributed by atoms with Crippen molar-refractivity contribution in [3.8, 4) is 0 Å². The second kappa shape index (κ2) is 7.85. The van der Waals surface area contributed by atoms with E-state index in [0.717, 1.165) is 19.6 Å². The molecule has 0 aliphatic carbocycles. The molecule has 17 heavy (non-hydrogen) atoms. The van der Waals surface area contributed by atoms with Crippen molar-refractivity contribution in [2.75, 3.05) is 13.1 Å². The lowest BCUT2D eigenvalue weighted by Gasteiger charge is -2.33. The highest BCUT2D eigenvalue weighted by molar-refractivity contribution is 7.09. The number of rotatable bonds is 8. The molecule has 3 heteroatoms. The largest absolute Gasteiger partial charge is 0.310 e. The van der Waals surface area contributed by atoms with Gasteiger partial charge in [0.1, 0.15) is 0 Å². The van der Waals surface area contributed by atoms with Gasteiger partial charge in [0.2, 0.25) is 0 Å². The molecular weight excluding hydrogens is 228 g/mol. The van der Waals surface area contributed by atoms with E-state index in [1.54, 1.807) is 0 Å². The van der Waals surface area contributed by atoms with Crippen LogP contribution in [0.15, 0.2) is 17.5 Å². The van der Waals surface area contributed by atoms with E-state index in [2.05, 4.69) is 55.4 Å². The van der Waals surface area contributed by atoms with Crippen LogP contribution in [-0.2, 0) is 6.54 Å². The molecule has 2 unspecified atom stereocenters. The van der Waals surface area contributed by atoms with Crippen LogP contribution in [0.5, 0.6) is 0 Å². The highest BCUT2D eigenvalue weighted by Crippen LogP contribution is 2.09. The van der Waals surface area contributed by atoms with Gasteiger partial charge in [-0.2, -0.15) is 0 Å². The molecule has 0 aromatic carbocycles. The molecule has 0 saturated heterocycles. The van der Waals surface area contributed by atoms with Gasteiger partial charge in [0, 0.05) is 30.1 Å². The van der Waals surface area contributed by atoms with Crippen LogP contribution in [-0.4, -0.2) is 30.1 Å². The number of nitrogens with one attached hydrogen (secondary N) is 1. The predicted molar refractivity (Wildman–Crippen MR) is 77.6 cm³/mol. The Kier molecular flexibility index (Phi) is 6.78. The van der Waals surface area contributed by atoms with Crippen molar-refractivity contribution in [3.63, 3.8) is 0 Å². The van der Waals surface area contributed by atoms with E-state index in [1.165, 1.54) is 11.3 Å². The maximum Gasteiger partial charge on any atom is 0.0300 e. The van der Waals surface area contributed by atoms with E-state index < -0.39 is 0 Å². The maximum atomic E-state index is 3.55. The normalized spacial score (nSPS) is 15.1. The lowest BCUT2D eigenvalue weighted by atomic mass is 10.1. The standard InChI is InChI=1S/C14H26N2S/c1-5-12(3)16(6-2)13(4)10-15-11-14-8-7-9-17-14/h7-9,12-13,15H,5-6,10-11H2,1-4H3. The molecule has 1 aromatic heterocycles. The zero-order valence-electron chi connectivity index (χ0n) is 11.6. The van der Waals surface area contributed by atoms with Crippen LogP contribution in [0.1, 0.15) is 39.0 Å². The van der Waals surface area contributed by atoms with Crippen molar-refractivity contribution in [1.82, 2.24) is 10.2 Å². The molecular formula is C14H26N2S. The molecule has 1 rings (SSSR count). The summed E-state index contributed by atoms with van der Waals surface area (Å²) in [4.78, 5) is 3.99. The summed E-state index contributed by atoms with van der Waals surface area (Å²) in [5.41, 5.74) is 0. The monoisotopic (exact) mass is 254 g/mol. The summed E-state index contributed by atoms with van der Waals surface area (Å²) in [6.07, 6.45) is 1.23. The molecule has 0 radical (unpaired) electrons. The summed E-state index contributed by atoms with van der Waals surface area (Å²) >= 11 is 1.82. The van der Waals surface area contributed by atoms with E-state index in [1.807, 2.05) is 11.3 Å². The van der Waals surface area contributed by atoms with Gasteiger partial charge in [-0.1, -0.05) is 19.9 Å². The van der Waals surface area contributed by atoms with Crippen LogP contribution in [0, 0.1) is 0 Å². The third-order valence-corrected chi connectivity index (χ3v) is 4.28. The molecule has 98 valence electrons. The fourth-order valence-electron chi connectivity index (χ4n) is 2.23. The zero-order chi connectivity index (χ0) is 12.7. The Morgan fingerprint density at radius 1 is 1.29 bits per heavy atom. The fourth-order valence-corrected chi connectivity index (χ4v) is 2.90. The first-order chi connectivity index (χ1) is 8.19. The Labute approximate surface area is 110 Å². The van der Waals surface area contributed by atoms with Gasteiger partial charge in [-0.15, -0.1) is 11.3 Å². The van der Waals surface area contributed by atoms with Crippen LogP contribution in [0.4, 0.5) is 0 Å². The molecule has 0 saturated carbocycles. The summed E-state index contributed by atoms with van der Waals surface area (Å²) in [6.45, 7) is 12.4. The van der Waals surface area contributed by atoms with Crippen molar-refractivity contribution >= 4 is 11.3 Å². The third kappa shape index (κ3) is 4.78. The predicted octanol–water partition coefficient (Wildman–Crippen LogP) is 3.35. The average molecular weight is 254 g/mol. The van der Waals surface area contributed by atoms with E-state index in [0.29, 0.717) is 12.1 Å². The van der Waals surface area contributed by atoms with Gasteiger partial charge in [0.25, 0.3) is 0 Å². The second-order valence-electron chi connectivity index (χ2n) is 4.65. The molecule has 0 aliphatic rings. The van der Waals surface area contributed by atoms with Crippen molar-refractivity contribution < 1.29 is 0 Å². The van der Waals surface area contributed by atoms with E-state index >= 15 is 0 Å². The minimum Gasteiger partial charge on any atom is -0.310 e. The first-order valence-electron chi connectivity index (χ1n) is 6.67. The smallest absolute Gasteiger partial charge is 0.0300 e. The molecule has 2 atom stereocenters. The Morgan fingerprint density at radius 2 is 2.06 bits per heavy atom. The highest BCUT2D eigenvalue weighted by Gasteiger charge is 2.16. The zero-order valence-corrected chi connectivity index (χ0v) is 12.4. The summed E-state index contributed by atoms with van der Waals surface area (Å²) in [5, 5.41) is 5.69. The third-order valence-electron chi connectivity index (χ3n) is 3.41. The molecule has 0 amide bonds. The molecule has 0 aliphatic heterocycles. The number of hydrogen-bond donors (Lipinski definition) is 1. The molecule has 2 nitrogen and oxygen atoms in total. The van der Waals surface area contributed by atoms with Gasteiger partial charge < -0.3 is 5.32 Å².